The van der Waals surface area contributed by atoms with Crippen molar-refractivity contribution in [3.63, 3.8) is 0 Å². The largest absolute Gasteiger partial charge is 0.574 e. The van der Waals surface area contributed by atoms with E-state index in [0.717, 1.165) is 6.07 Å². The minimum Gasteiger partial charge on any atom is -0.390 e. The van der Waals surface area contributed by atoms with Crippen LogP contribution in [0, 0.1) is 17.0 Å². The Balaban J connectivity index is 3.29. The van der Waals surface area contributed by atoms with E-state index in [2.05, 4.69) is 9.72 Å². The standard InChI is InChI=1S/C8H7F3N2O4/c1-4-2-6(13(15)16)7(12-5(4)3-14)17-8(9,10)11/h2,14H,3H2,1H3. The molecule has 0 saturated carbocycles. The molecule has 1 N–H and O–H groups in total. The summed E-state index contributed by atoms with van der Waals surface area (Å²) in [5, 5.41) is 19.3. The first-order chi connectivity index (χ1) is 7.74. The molecule has 1 aromatic rings. The molecule has 0 atom stereocenters. The Bertz CT molecular complexity index is 447. The van der Waals surface area contributed by atoms with Crippen LogP contribution >= 0.6 is 0 Å². The quantitative estimate of drug-likeness (QED) is 0.653. The molecule has 9 heteroatoms. The van der Waals surface area contributed by atoms with E-state index in [0.29, 0.717) is 0 Å². The van der Waals surface area contributed by atoms with Crippen LogP contribution in [0.2, 0.25) is 0 Å². The molecule has 94 valence electrons. The maximum atomic E-state index is 12.0. The van der Waals surface area contributed by atoms with Gasteiger partial charge in [-0.25, -0.2) is 4.98 Å². The summed E-state index contributed by atoms with van der Waals surface area (Å²) in [5.41, 5.74) is -0.819. The van der Waals surface area contributed by atoms with Crippen LogP contribution in [0.25, 0.3) is 0 Å². The number of aromatic nitrogens is 1. The first kappa shape index (κ1) is 13.2. The molecule has 0 aromatic carbocycles. The van der Waals surface area contributed by atoms with Crippen LogP contribution in [0.5, 0.6) is 5.88 Å². The smallest absolute Gasteiger partial charge is 0.390 e. The van der Waals surface area contributed by atoms with Gasteiger partial charge in [-0.3, -0.25) is 10.1 Å². The number of hydrogen-bond donors (Lipinski definition) is 1. The number of rotatable bonds is 3. The van der Waals surface area contributed by atoms with E-state index < -0.39 is 29.5 Å². The number of halogens is 3. The van der Waals surface area contributed by atoms with Crippen molar-refractivity contribution in [1.29, 1.82) is 0 Å². The highest BCUT2D eigenvalue weighted by Gasteiger charge is 2.35. The van der Waals surface area contributed by atoms with Crippen molar-refractivity contribution >= 4 is 5.69 Å². The molecule has 1 heterocycles. The molecule has 17 heavy (non-hydrogen) atoms. The van der Waals surface area contributed by atoms with E-state index in [1.807, 2.05) is 0 Å². The Morgan fingerprint density at radius 3 is 2.59 bits per heavy atom. The first-order valence-electron chi connectivity index (χ1n) is 4.26. The van der Waals surface area contributed by atoms with Crippen molar-refractivity contribution in [1.82, 2.24) is 4.98 Å². The van der Waals surface area contributed by atoms with Crippen molar-refractivity contribution < 1.29 is 27.9 Å². The second-order valence-electron chi connectivity index (χ2n) is 3.04. The number of aryl methyl sites for hydroxylation is 1. The summed E-state index contributed by atoms with van der Waals surface area (Å²) in [5.74, 6) is -1.18. The summed E-state index contributed by atoms with van der Waals surface area (Å²) < 4.78 is 39.3. The number of nitro groups is 1. The van der Waals surface area contributed by atoms with Gasteiger partial charge >= 0.3 is 17.9 Å². The van der Waals surface area contributed by atoms with Gasteiger partial charge in [0.1, 0.15) is 0 Å². The Kier molecular flexibility index (Phi) is 3.51. The number of aliphatic hydroxyl groups excluding tert-OH is 1. The molecule has 0 spiro atoms. The average molecular weight is 252 g/mol. The lowest BCUT2D eigenvalue weighted by Crippen LogP contribution is -2.19. The topological polar surface area (TPSA) is 85.5 Å². The minimum atomic E-state index is -5.08. The number of hydrogen-bond acceptors (Lipinski definition) is 5. The zero-order valence-electron chi connectivity index (χ0n) is 8.48. The lowest BCUT2D eigenvalue weighted by Gasteiger charge is -2.10. The molecule has 0 fully saturated rings. The molecule has 0 aliphatic rings. The average Bonchev–Trinajstić information content (AvgIpc) is 2.17. The lowest BCUT2D eigenvalue weighted by atomic mass is 10.2. The van der Waals surface area contributed by atoms with Crippen LogP contribution in [0.3, 0.4) is 0 Å². The van der Waals surface area contributed by atoms with Crippen LogP contribution < -0.4 is 4.74 Å². The highest BCUT2D eigenvalue weighted by Crippen LogP contribution is 2.31. The van der Waals surface area contributed by atoms with Crippen LogP contribution in [0.1, 0.15) is 11.3 Å². The van der Waals surface area contributed by atoms with E-state index >= 15 is 0 Å². The Morgan fingerprint density at radius 1 is 1.59 bits per heavy atom. The monoisotopic (exact) mass is 252 g/mol. The summed E-state index contributed by atoms with van der Waals surface area (Å²) in [4.78, 5) is 12.7. The fourth-order valence-corrected chi connectivity index (χ4v) is 1.09. The third-order valence-electron chi connectivity index (χ3n) is 1.82. The summed E-state index contributed by atoms with van der Waals surface area (Å²) in [6.07, 6.45) is -5.08. The maximum absolute atomic E-state index is 12.0. The molecular formula is C8H7F3N2O4. The van der Waals surface area contributed by atoms with Gasteiger partial charge in [-0.15, -0.1) is 13.2 Å². The van der Waals surface area contributed by atoms with Crippen LogP contribution in [0.4, 0.5) is 18.9 Å². The van der Waals surface area contributed by atoms with Gasteiger partial charge in [0, 0.05) is 6.07 Å². The van der Waals surface area contributed by atoms with E-state index in [1.165, 1.54) is 6.92 Å². The highest BCUT2D eigenvalue weighted by atomic mass is 19.4. The predicted octanol–water partition coefficient (Wildman–Crippen LogP) is 1.69. The van der Waals surface area contributed by atoms with Crippen LogP contribution in [0.15, 0.2) is 6.07 Å². The minimum absolute atomic E-state index is 0.116. The molecule has 1 rings (SSSR count). The first-order valence-corrected chi connectivity index (χ1v) is 4.26. The molecule has 0 aliphatic heterocycles. The van der Waals surface area contributed by atoms with Gasteiger partial charge in [0.15, 0.2) is 0 Å². The van der Waals surface area contributed by atoms with Crippen LogP contribution in [-0.4, -0.2) is 21.4 Å². The van der Waals surface area contributed by atoms with Crippen molar-refractivity contribution in [2.24, 2.45) is 0 Å². The molecule has 0 bridgehead atoms. The summed E-state index contributed by atoms with van der Waals surface area (Å²) >= 11 is 0. The molecule has 0 aliphatic carbocycles. The van der Waals surface area contributed by atoms with Gasteiger partial charge in [0.05, 0.1) is 17.2 Å². The summed E-state index contributed by atoms with van der Waals surface area (Å²) in [6.45, 7) is 0.737. The lowest BCUT2D eigenvalue weighted by molar-refractivity contribution is -0.389. The number of nitrogens with zero attached hydrogens (tertiary/aromatic N) is 2. The molecule has 0 amide bonds. The highest BCUT2D eigenvalue weighted by molar-refractivity contribution is 5.45. The Labute approximate surface area is 92.8 Å². The maximum Gasteiger partial charge on any atom is 0.574 e. The van der Waals surface area contributed by atoms with Crippen molar-refractivity contribution in [2.75, 3.05) is 0 Å². The van der Waals surface area contributed by atoms with E-state index in [9.17, 15) is 23.3 Å². The van der Waals surface area contributed by atoms with Gasteiger partial charge in [-0.05, 0) is 12.5 Å². The van der Waals surface area contributed by atoms with Gasteiger partial charge in [0.25, 0.3) is 0 Å². The second kappa shape index (κ2) is 4.53. The van der Waals surface area contributed by atoms with Crippen molar-refractivity contribution in [3.05, 3.63) is 27.4 Å². The molecule has 0 saturated heterocycles. The van der Waals surface area contributed by atoms with Gasteiger partial charge in [-0.1, -0.05) is 0 Å². The Hall–Kier alpha value is -1.90. The number of alkyl halides is 3. The summed E-state index contributed by atoms with van der Waals surface area (Å²) in [6, 6.07) is 0.861. The summed E-state index contributed by atoms with van der Waals surface area (Å²) in [7, 11) is 0. The third-order valence-corrected chi connectivity index (χ3v) is 1.82. The second-order valence-corrected chi connectivity index (χ2v) is 3.04. The van der Waals surface area contributed by atoms with E-state index in [4.69, 9.17) is 5.11 Å². The fraction of sp³-hybridized carbons (Fsp3) is 0.375. The molecule has 1 aromatic heterocycles. The van der Waals surface area contributed by atoms with Crippen LogP contribution in [-0.2, 0) is 6.61 Å². The normalized spacial score (nSPS) is 11.4. The van der Waals surface area contributed by atoms with Gasteiger partial charge in [0.2, 0.25) is 0 Å². The molecule has 0 radical (unpaired) electrons. The zero-order chi connectivity index (χ0) is 13.2. The van der Waals surface area contributed by atoms with E-state index in [-0.39, 0.29) is 11.3 Å². The zero-order valence-corrected chi connectivity index (χ0v) is 8.48. The van der Waals surface area contributed by atoms with Gasteiger partial charge < -0.3 is 9.84 Å². The molecule has 0 unspecified atom stereocenters. The van der Waals surface area contributed by atoms with Crippen molar-refractivity contribution in [3.8, 4) is 5.88 Å². The van der Waals surface area contributed by atoms with E-state index in [1.54, 1.807) is 0 Å². The molecular weight excluding hydrogens is 245 g/mol. The van der Waals surface area contributed by atoms with Crippen molar-refractivity contribution in [2.45, 2.75) is 19.9 Å². The van der Waals surface area contributed by atoms with Gasteiger partial charge in [-0.2, -0.15) is 0 Å². The molecule has 6 nitrogen and oxygen atoms in total. The predicted molar refractivity (Wildman–Crippen MR) is 48.2 cm³/mol. The third kappa shape index (κ3) is 3.28. The number of pyridine rings is 1. The number of aliphatic hydroxyl groups is 1. The fourth-order valence-electron chi connectivity index (χ4n) is 1.09. The Morgan fingerprint density at radius 2 is 2.18 bits per heavy atom. The number of ether oxygens (including phenoxy) is 1. The SMILES string of the molecule is Cc1cc([N+](=O)[O-])c(OC(F)(F)F)nc1CO.